The fourth-order valence-electron chi connectivity index (χ4n) is 1.58. The summed E-state index contributed by atoms with van der Waals surface area (Å²) in [5.41, 5.74) is 6.62. The maximum atomic E-state index is 13.6. The van der Waals surface area contributed by atoms with Crippen LogP contribution in [0, 0.1) is 5.82 Å². The van der Waals surface area contributed by atoms with Crippen LogP contribution in [0.4, 0.5) is 4.39 Å². The summed E-state index contributed by atoms with van der Waals surface area (Å²) in [6.45, 7) is 0. The lowest BCUT2D eigenvalue weighted by atomic mass is 10.0. The summed E-state index contributed by atoms with van der Waals surface area (Å²) in [4.78, 5) is 0.994. The molecule has 0 aliphatic rings. The lowest BCUT2D eigenvalue weighted by Gasteiger charge is -2.10. The zero-order chi connectivity index (χ0) is 13.3. The average Bonchev–Trinajstić information content (AvgIpc) is 2.64. The van der Waals surface area contributed by atoms with Gasteiger partial charge in [0.2, 0.25) is 0 Å². The summed E-state index contributed by atoms with van der Waals surface area (Å²) in [6.07, 6.45) is 0.422. The minimum atomic E-state index is -0.274. The van der Waals surface area contributed by atoms with Crippen LogP contribution >= 0.6 is 54.8 Å². The SMILES string of the molecule is NC(Cc1cc(Cl)ccc1F)c1cc(Br)c(Br)s1. The van der Waals surface area contributed by atoms with E-state index in [9.17, 15) is 4.39 Å². The van der Waals surface area contributed by atoms with Crippen molar-refractivity contribution >= 4 is 54.8 Å². The van der Waals surface area contributed by atoms with Gasteiger partial charge in [0.05, 0.1) is 3.79 Å². The lowest BCUT2D eigenvalue weighted by Crippen LogP contribution is -2.12. The van der Waals surface area contributed by atoms with Crippen LogP contribution < -0.4 is 5.73 Å². The van der Waals surface area contributed by atoms with Crippen molar-refractivity contribution in [2.45, 2.75) is 12.5 Å². The molecule has 0 bridgehead atoms. The smallest absolute Gasteiger partial charge is 0.126 e. The summed E-state index contributed by atoms with van der Waals surface area (Å²) in [5, 5.41) is 0.521. The molecule has 0 spiro atoms. The molecule has 1 heterocycles. The minimum Gasteiger partial charge on any atom is -0.323 e. The monoisotopic (exact) mass is 411 g/mol. The molecule has 2 aromatic rings. The van der Waals surface area contributed by atoms with Crippen LogP contribution in [0.25, 0.3) is 0 Å². The van der Waals surface area contributed by atoms with Crippen LogP contribution in [-0.2, 0) is 6.42 Å². The van der Waals surface area contributed by atoms with E-state index in [4.69, 9.17) is 17.3 Å². The third kappa shape index (κ3) is 3.33. The molecule has 1 aromatic heterocycles. The van der Waals surface area contributed by atoms with Crippen molar-refractivity contribution in [3.63, 3.8) is 0 Å². The Kier molecular flexibility index (Phi) is 4.83. The Bertz CT molecular complexity index is 554. The molecule has 2 N–H and O–H groups in total. The predicted octanol–water partition coefficient (Wildman–Crippen LogP) is 5.31. The maximum Gasteiger partial charge on any atom is 0.126 e. The van der Waals surface area contributed by atoms with Crippen LogP contribution in [0.2, 0.25) is 5.02 Å². The van der Waals surface area contributed by atoms with Crippen LogP contribution in [0.15, 0.2) is 32.5 Å². The highest BCUT2D eigenvalue weighted by Gasteiger charge is 2.14. The molecule has 0 fully saturated rings. The van der Waals surface area contributed by atoms with Crippen LogP contribution in [0.3, 0.4) is 0 Å². The number of hydrogen-bond donors (Lipinski definition) is 1. The quantitative estimate of drug-likeness (QED) is 0.725. The molecule has 0 saturated carbocycles. The third-order valence-electron chi connectivity index (χ3n) is 2.48. The first kappa shape index (κ1) is 14.5. The Balaban J connectivity index is 2.20. The van der Waals surface area contributed by atoms with Crippen LogP contribution in [0.5, 0.6) is 0 Å². The van der Waals surface area contributed by atoms with E-state index in [2.05, 4.69) is 31.9 Å². The first-order valence-electron chi connectivity index (χ1n) is 5.11. The third-order valence-corrected chi connectivity index (χ3v) is 6.10. The highest BCUT2D eigenvalue weighted by Crippen LogP contribution is 2.36. The molecule has 0 aliphatic carbocycles. The summed E-state index contributed by atoms with van der Waals surface area (Å²) in [6, 6.07) is 6.22. The zero-order valence-corrected chi connectivity index (χ0v) is 13.8. The van der Waals surface area contributed by atoms with Crippen molar-refractivity contribution in [1.82, 2.24) is 0 Å². The molecule has 1 aromatic carbocycles. The second kappa shape index (κ2) is 6.01. The lowest BCUT2D eigenvalue weighted by molar-refractivity contribution is 0.595. The molecule has 1 atom stereocenters. The number of benzene rings is 1. The van der Waals surface area contributed by atoms with Gasteiger partial charge in [0, 0.05) is 20.4 Å². The second-order valence-corrected chi connectivity index (χ2v) is 7.51. The van der Waals surface area contributed by atoms with Gasteiger partial charge in [-0.1, -0.05) is 11.6 Å². The van der Waals surface area contributed by atoms with E-state index in [1.54, 1.807) is 17.4 Å². The van der Waals surface area contributed by atoms with E-state index >= 15 is 0 Å². The number of halogens is 4. The molecule has 0 aliphatic heterocycles. The fraction of sp³-hybridized carbons (Fsp3) is 0.167. The van der Waals surface area contributed by atoms with Gasteiger partial charge in [-0.3, -0.25) is 0 Å². The highest BCUT2D eigenvalue weighted by atomic mass is 79.9. The Labute approximate surface area is 130 Å². The van der Waals surface area contributed by atoms with Crippen molar-refractivity contribution in [3.05, 3.63) is 53.8 Å². The number of rotatable bonds is 3. The average molecular weight is 414 g/mol. The maximum absolute atomic E-state index is 13.6. The molecular weight excluding hydrogens is 404 g/mol. The fourth-order valence-corrected chi connectivity index (χ4v) is 3.87. The molecule has 6 heteroatoms. The number of hydrogen-bond acceptors (Lipinski definition) is 2. The van der Waals surface area contributed by atoms with Crippen molar-refractivity contribution < 1.29 is 4.39 Å². The van der Waals surface area contributed by atoms with Crippen molar-refractivity contribution in [2.75, 3.05) is 0 Å². The van der Waals surface area contributed by atoms with Crippen LogP contribution in [-0.4, -0.2) is 0 Å². The van der Waals surface area contributed by atoms with E-state index in [-0.39, 0.29) is 11.9 Å². The Morgan fingerprint density at radius 1 is 1.33 bits per heavy atom. The standard InChI is InChI=1S/C12H9Br2ClFNS/c13-8-5-11(18-12(8)14)10(17)4-6-3-7(15)1-2-9(6)16/h1-3,5,10H,4,17H2. The summed E-state index contributed by atoms with van der Waals surface area (Å²) in [7, 11) is 0. The van der Waals surface area contributed by atoms with Gasteiger partial charge >= 0.3 is 0 Å². The first-order valence-corrected chi connectivity index (χ1v) is 7.89. The Hall–Kier alpha value is 0.0600. The van der Waals surface area contributed by atoms with Gasteiger partial charge in [-0.15, -0.1) is 11.3 Å². The van der Waals surface area contributed by atoms with Gasteiger partial charge < -0.3 is 5.73 Å². The van der Waals surface area contributed by atoms with E-state index in [1.165, 1.54) is 12.1 Å². The largest absolute Gasteiger partial charge is 0.323 e. The number of nitrogens with two attached hydrogens (primary N) is 1. The first-order chi connectivity index (χ1) is 8.47. The van der Waals surface area contributed by atoms with Crippen LogP contribution in [0.1, 0.15) is 16.5 Å². The molecule has 0 amide bonds. The summed E-state index contributed by atoms with van der Waals surface area (Å²) < 4.78 is 15.5. The molecule has 96 valence electrons. The normalized spacial score (nSPS) is 12.7. The minimum absolute atomic E-state index is 0.245. The highest BCUT2D eigenvalue weighted by molar-refractivity contribution is 9.13. The van der Waals surface area contributed by atoms with Crippen molar-refractivity contribution in [1.29, 1.82) is 0 Å². The van der Waals surface area contributed by atoms with Crippen molar-refractivity contribution in [3.8, 4) is 0 Å². The topological polar surface area (TPSA) is 26.0 Å². The molecule has 0 radical (unpaired) electrons. The van der Waals surface area contributed by atoms with Gasteiger partial charge in [-0.25, -0.2) is 4.39 Å². The van der Waals surface area contributed by atoms with Gasteiger partial charge in [-0.2, -0.15) is 0 Å². The van der Waals surface area contributed by atoms with E-state index in [0.717, 1.165) is 13.1 Å². The zero-order valence-electron chi connectivity index (χ0n) is 9.09. The van der Waals surface area contributed by atoms with Gasteiger partial charge in [0.25, 0.3) is 0 Å². The molecule has 18 heavy (non-hydrogen) atoms. The Morgan fingerprint density at radius 2 is 2.06 bits per heavy atom. The van der Waals surface area contributed by atoms with E-state index in [1.807, 2.05) is 6.07 Å². The van der Waals surface area contributed by atoms with Gasteiger partial charge in [-0.05, 0) is 68.1 Å². The summed E-state index contributed by atoms with van der Waals surface area (Å²) in [5.74, 6) is -0.274. The molecule has 2 rings (SSSR count). The molecule has 0 saturated heterocycles. The van der Waals surface area contributed by atoms with Gasteiger partial charge in [0.15, 0.2) is 0 Å². The Morgan fingerprint density at radius 3 is 2.67 bits per heavy atom. The molecule has 1 unspecified atom stereocenters. The van der Waals surface area contributed by atoms with E-state index in [0.29, 0.717) is 17.0 Å². The van der Waals surface area contributed by atoms with E-state index < -0.39 is 0 Å². The second-order valence-electron chi connectivity index (χ2n) is 3.82. The van der Waals surface area contributed by atoms with Gasteiger partial charge in [0.1, 0.15) is 5.82 Å². The predicted molar refractivity (Wildman–Crippen MR) is 81.8 cm³/mol. The number of thiophene rings is 1. The summed E-state index contributed by atoms with van der Waals surface area (Å²) >= 11 is 14.2. The van der Waals surface area contributed by atoms with Crippen molar-refractivity contribution in [2.24, 2.45) is 5.73 Å². The molecular formula is C12H9Br2ClFNS. The molecule has 1 nitrogen and oxygen atoms in total.